The fourth-order valence-electron chi connectivity index (χ4n) is 1.26. The van der Waals surface area contributed by atoms with Gasteiger partial charge in [0, 0.05) is 5.56 Å². The molecule has 0 aliphatic rings. The first-order valence-corrected chi connectivity index (χ1v) is 4.61. The Bertz CT molecular complexity index is 440. The molecule has 0 unspecified atom stereocenters. The third kappa shape index (κ3) is 1.70. The minimum atomic E-state index is 0.578. The molecule has 1 aromatic carbocycles. The molecule has 0 aliphatic heterocycles. The fourth-order valence-corrected chi connectivity index (χ4v) is 1.55. The summed E-state index contributed by atoms with van der Waals surface area (Å²) in [5, 5.41) is 0.580. The number of aromatic nitrogens is 1. The SMILES string of the molecule is Nc1cnc(-c2ccccc2)c(Cl)c1. The first kappa shape index (κ1) is 9.03. The number of pyridine rings is 1. The minimum absolute atomic E-state index is 0.578. The van der Waals surface area contributed by atoms with Gasteiger partial charge in [-0.2, -0.15) is 0 Å². The molecule has 0 radical (unpaired) electrons. The molecule has 0 saturated heterocycles. The second-order valence-electron chi connectivity index (χ2n) is 2.97. The number of halogens is 1. The third-order valence-electron chi connectivity index (χ3n) is 1.91. The van der Waals surface area contributed by atoms with Gasteiger partial charge in [-0.25, -0.2) is 0 Å². The largest absolute Gasteiger partial charge is 0.397 e. The van der Waals surface area contributed by atoms with Crippen molar-refractivity contribution in [3.05, 3.63) is 47.6 Å². The molecule has 2 nitrogen and oxygen atoms in total. The summed E-state index contributed by atoms with van der Waals surface area (Å²) in [4.78, 5) is 4.19. The summed E-state index contributed by atoms with van der Waals surface area (Å²) in [6.07, 6.45) is 1.61. The Labute approximate surface area is 87.4 Å². The van der Waals surface area contributed by atoms with Crippen molar-refractivity contribution in [3.8, 4) is 11.3 Å². The molecular formula is C11H9ClN2. The minimum Gasteiger partial charge on any atom is -0.397 e. The number of anilines is 1. The maximum Gasteiger partial charge on any atom is 0.0889 e. The van der Waals surface area contributed by atoms with Crippen molar-refractivity contribution in [1.82, 2.24) is 4.98 Å². The van der Waals surface area contributed by atoms with E-state index in [1.165, 1.54) is 0 Å². The van der Waals surface area contributed by atoms with Crippen molar-refractivity contribution in [2.75, 3.05) is 5.73 Å². The van der Waals surface area contributed by atoms with E-state index in [2.05, 4.69) is 4.98 Å². The van der Waals surface area contributed by atoms with Gasteiger partial charge in [0.15, 0.2) is 0 Å². The van der Waals surface area contributed by atoms with Crippen LogP contribution in [0.1, 0.15) is 0 Å². The molecule has 2 N–H and O–H groups in total. The van der Waals surface area contributed by atoms with E-state index in [0.717, 1.165) is 11.3 Å². The number of benzene rings is 1. The number of hydrogen-bond donors (Lipinski definition) is 1. The van der Waals surface area contributed by atoms with Crippen LogP contribution in [0.3, 0.4) is 0 Å². The molecule has 0 saturated carbocycles. The molecule has 1 heterocycles. The van der Waals surface area contributed by atoms with Crippen molar-refractivity contribution >= 4 is 17.3 Å². The molecular weight excluding hydrogens is 196 g/mol. The Kier molecular flexibility index (Phi) is 2.37. The molecule has 0 fully saturated rings. The molecule has 2 rings (SSSR count). The molecule has 0 atom stereocenters. The van der Waals surface area contributed by atoms with E-state index in [1.54, 1.807) is 12.3 Å². The highest BCUT2D eigenvalue weighted by Gasteiger charge is 2.03. The normalized spacial score (nSPS) is 10.1. The van der Waals surface area contributed by atoms with Crippen LogP contribution in [0.25, 0.3) is 11.3 Å². The molecule has 14 heavy (non-hydrogen) atoms. The van der Waals surface area contributed by atoms with E-state index in [0.29, 0.717) is 10.7 Å². The zero-order valence-corrected chi connectivity index (χ0v) is 8.20. The van der Waals surface area contributed by atoms with Gasteiger partial charge in [0.2, 0.25) is 0 Å². The predicted molar refractivity (Wildman–Crippen MR) is 59.1 cm³/mol. The lowest BCUT2D eigenvalue weighted by Crippen LogP contribution is -1.89. The van der Waals surface area contributed by atoms with E-state index in [-0.39, 0.29) is 0 Å². The van der Waals surface area contributed by atoms with E-state index in [1.807, 2.05) is 30.3 Å². The van der Waals surface area contributed by atoms with Crippen molar-refractivity contribution in [1.29, 1.82) is 0 Å². The lowest BCUT2D eigenvalue weighted by atomic mass is 10.1. The van der Waals surface area contributed by atoms with Gasteiger partial charge in [0.25, 0.3) is 0 Å². The van der Waals surface area contributed by atoms with E-state index in [4.69, 9.17) is 17.3 Å². The zero-order valence-electron chi connectivity index (χ0n) is 7.44. The first-order valence-electron chi connectivity index (χ1n) is 4.24. The highest BCUT2D eigenvalue weighted by atomic mass is 35.5. The summed E-state index contributed by atoms with van der Waals surface area (Å²) < 4.78 is 0. The predicted octanol–water partition coefficient (Wildman–Crippen LogP) is 2.98. The highest BCUT2D eigenvalue weighted by molar-refractivity contribution is 6.33. The van der Waals surface area contributed by atoms with Crippen LogP contribution in [0.5, 0.6) is 0 Å². The summed E-state index contributed by atoms with van der Waals surface area (Å²) in [7, 11) is 0. The number of nitrogens with zero attached hydrogens (tertiary/aromatic N) is 1. The van der Waals surface area contributed by atoms with Crippen molar-refractivity contribution in [3.63, 3.8) is 0 Å². The number of rotatable bonds is 1. The maximum absolute atomic E-state index is 6.02. The Balaban J connectivity index is 2.53. The molecule has 3 heteroatoms. The molecule has 0 spiro atoms. The standard InChI is InChI=1S/C11H9ClN2/c12-10-6-9(13)7-14-11(10)8-4-2-1-3-5-8/h1-7H,13H2. The Morgan fingerprint density at radius 2 is 1.86 bits per heavy atom. The van der Waals surface area contributed by atoms with Crippen LogP contribution in [0.2, 0.25) is 5.02 Å². The van der Waals surface area contributed by atoms with E-state index < -0.39 is 0 Å². The number of nitrogens with two attached hydrogens (primary N) is 1. The molecule has 0 amide bonds. The summed E-state index contributed by atoms with van der Waals surface area (Å²) in [6.45, 7) is 0. The second kappa shape index (κ2) is 3.68. The Hall–Kier alpha value is -1.54. The number of hydrogen-bond acceptors (Lipinski definition) is 2. The van der Waals surface area contributed by atoms with E-state index >= 15 is 0 Å². The van der Waals surface area contributed by atoms with Crippen molar-refractivity contribution < 1.29 is 0 Å². The lowest BCUT2D eigenvalue weighted by molar-refractivity contribution is 1.33. The van der Waals surface area contributed by atoms with E-state index in [9.17, 15) is 0 Å². The summed E-state index contributed by atoms with van der Waals surface area (Å²) in [5.74, 6) is 0. The average Bonchev–Trinajstić information content (AvgIpc) is 2.19. The first-order chi connectivity index (χ1) is 6.77. The van der Waals surface area contributed by atoms with Gasteiger partial charge in [-0.1, -0.05) is 41.9 Å². The summed E-state index contributed by atoms with van der Waals surface area (Å²) in [6, 6.07) is 11.5. The molecule has 70 valence electrons. The maximum atomic E-state index is 6.02. The monoisotopic (exact) mass is 204 g/mol. The summed E-state index contributed by atoms with van der Waals surface area (Å²) in [5.41, 5.74) is 7.90. The van der Waals surface area contributed by atoms with Crippen LogP contribution in [0, 0.1) is 0 Å². The molecule has 0 aliphatic carbocycles. The van der Waals surface area contributed by atoms with Crippen LogP contribution in [0.4, 0.5) is 5.69 Å². The quantitative estimate of drug-likeness (QED) is 0.776. The van der Waals surface area contributed by atoms with Gasteiger partial charge < -0.3 is 5.73 Å². The van der Waals surface area contributed by atoms with Crippen LogP contribution in [0.15, 0.2) is 42.6 Å². The van der Waals surface area contributed by atoms with Crippen LogP contribution in [-0.4, -0.2) is 4.98 Å². The van der Waals surface area contributed by atoms with Crippen molar-refractivity contribution in [2.45, 2.75) is 0 Å². The average molecular weight is 205 g/mol. The molecule has 2 aromatic rings. The Morgan fingerprint density at radius 1 is 1.14 bits per heavy atom. The van der Waals surface area contributed by atoms with Crippen LogP contribution >= 0.6 is 11.6 Å². The zero-order chi connectivity index (χ0) is 9.97. The van der Waals surface area contributed by atoms with Gasteiger partial charge >= 0.3 is 0 Å². The van der Waals surface area contributed by atoms with Crippen LogP contribution < -0.4 is 5.73 Å². The fraction of sp³-hybridized carbons (Fsp3) is 0. The third-order valence-corrected chi connectivity index (χ3v) is 2.20. The Morgan fingerprint density at radius 3 is 2.50 bits per heavy atom. The lowest BCUT2D eigenvalue weighted by Gasteiger charge is -2.03. The molecule has 0 bridgehead atoms. The van der Waals surface area contributed by atoms with Crippen molar-refractivity contribution in [2.24, 2.45) is 0 Å². The summed E-state index contributed by atoms with van der Waals surface area (Å²) >= 11 is 6.02. The van der Waals surface area contributed by atoms with Crippen LogP contribution in [-0.2, 0) is 0 Å². The molecule has 1 aromatic heterocycles. The smallest absolute Gasteiger partial charge is 0.0889 e. The van der Waals surface area contributed by atoms with Gasteiger partial charge in [-0.15, -0.1) is 0 Å². The second-order valence-corrected chi connectivity index (χ2v) is 3.37. The topological polar surface area (TPSA) is 38.9 Å². The van der Waals surface area contributed by atoms with Gasteiger partial charge in [0.05, 0.1) is 22.6 Å². The highest BCUT2D eigenvalue weighted by Crippen LogP contribution is 2.26. The van der Waals surface area contributed by atoms with Gasteiger partial charge in [-0.05, 0) is 6.07 Å². The number of nitrogen functional groups attached to an aromatic ring is 1. The van der Waals surface area contributed by atoms with Gasteiger partial charge in [-0.3, -0.25) is 4.98 Å². The van der Waals surface area contributed by atoms with Gasteiger partial charge in [0.1, 0.15) is 0 Å².